The molecule has 1 N–H and O–H groups in total. The van der Waals surface area contributed by atoms with Crippen LogP contribution in [0, 0.1) is 6.92 Å². The van der Waals surface area contributed by atoms with E-state index in [9.17, 15) is 18.3 Å². The van der Waals surface area contributed by atoms with Crippen molar-refractivity contribution in [1.29, 1.82) is 0 Å². The number of aliphatic hydroxyl groups is 1. The molecule has 0 aromatic heterocycles. The van der Waals surface area contributed by atoms with Gasteiger partial charge in [0.15, 0.2) is 0 Å². The van der Waals surface area contributed by atoms with Crippen LogP contribution in [-0.2, 0) is 19.5 Å². The van der Waals surface area contributed by atoms with Crippen molar-refractivity contribution in [3.63, 3.8) is 0 Å². The highest BCUT2D eigenvalue weighted by molar-refractivity contribution is 7.92. The lowest BCUT2D eigenvalue weighted by Crippen LogP contribution is -2.46. The van der Waals surface area contributed by atoms with Crippen LogP contribution in [0.2, 0.25) is 5.02 Å². The third-order valence-electron chi connectivity index (χ3n) is 4.86. The molecule has 7 nitrogen and oxygen atoms in total. The number of ether oxygens (including phenoxy) is 2. The van der Waals surface area contributed by atoms with Crippen LogP contribution >= 0.6 is 11.6 Å². The molecule has 9 heteroatoms. The van der Waals surface area contributed by atoms with Gasteiger partial charge in [-0.25, -0.2) is 13.2 Å². The number of hydrogen-bond acceptors (Lipinski definition) is 6. The van der Waals surface area contributed by atoms with Gasteiger partial charge in [0.05, 0.1) is 17.5 Å². The molecule has 0 saturated carbocycles. The third-order valence-corrected chi connectivity index (χ3v) is 6.25. The first-order valence-corrected chi connectivity index (χ1v) is 10.8. The topological polar surface area (TPSA) is 93.1 Å². The maximum absolute atomic E-state index is 12.4. The number of hydrogen-bond donors (Lipinski definition) is 1. The van der Waals surface area contributed by atoms with Gasteiger partial charge < -0.3 is 14.6 Å². The smallest absolute Gasteiger partial charge is 0.340 e. The van der Waals surface area contributed by atoms with E-state index in [1.54, 1.807) is 24.3 Å². The molecule has 0 spiro atoms. The number of aliphatic hydroxyl groups excluding tert-OH is 1. The molecule has 0 amide bonds. The fourth-order valence-electron chi connectivity index (χ4n) is 3.71. The van der Waals surface area contributed by atoms with Crippen molar-refractivity contribution in [2.24, 2.45) is 0 Å². The number of carbonyl (C=O) groups excluding carboxylic acids is 1. The van der Waals surface area contributed by atoms with Crippen molar-refractivity contribution >= 4 is 33.3 Å². The van der Waals surface area contributed by atoms with Crippen LogP contribution in [0.3, 0.4) is 0 Å². The summed E-state index contributed by atoms with van der Waals surface area (Å²) in [6, 6.07) is 10.6. The summed E-state index contributed by atoms with van der Waals surface area (Å²) >= 11 is 5.89. The molecule has 2 aliphatic heterocycles. The average Bonchev–Trinajstić information content (AvgIpc) is 3.09. The fourth-order valence-corrected chi connectivity index (χ4v) is 5.11. The summed E-state index contributed by atoms with van der Waals surface area (Å²) in [5.74, 6) is -0.720. The molecule has 28 heavy (non-hydrogen) atoms. The summed E-state index contributed by atoms with van der Waals surface area (Å²) in [6.07, 6.45) is -2.33. The van der Waals surface area contributed by atoms with Gasteiger partial charge in [0, 0.05) is 10.6 Å². The normalized spacial score (nSPS) is 26.1. The summed E-state index contributed by atoms with van der Waals surface area (Å²) in [6.45, 7) is 1.88. The summed E-state index contributed by atoms with van der Waals surface area (Å²) in [5.41, 5.74) is 2.22. The molecular weight excluding hydrogens is 406 g/mol. The lowest BCUT2D eigenvalue weighted by atomic mass is 10.0. The first-order valence-electron chi connectivity index (χ1n) is 8.57. The number of sulfonamides is 1. The Labute approximate surface area is 167 Å². The zero-order valence-electron chi connectivity index (χ0n) is 15.1. The van der Waals surface area contributed by atoms with E-state index in [0.717, 1.165) is 16.1 Å². The number of aryl methyl sites for hydroxylation is 1. The number of esters is 1. The predicted molar refractivity (Wildman–Crippen MR) is 103 cm³/mol. The van der Waals surface area contributed by atoms with Gasteiger partial charge in [0.25, 0.3) is 0 Å². The van der Waals surface area contributed by atoms with Crippen molar-refractivity contribution in [2.75, 3.05) is 10.6 Å². The molecule has 0 aliphatic carbocycles. The molecule has 1 fully saturated rings. The predicted octanol–water partition coefficient (Wildman–Crippen LogP) is 2.41. The molecule has 0 bridgehead atoms. The van der Waals surface area contributed by atoms with Crippen molar-refractivity contribution in [3.8, 4) is 0 Å². The van der Waals surface area contributed by atoms with Gasteiger partial charge in [-0.1, -0.05) is 35.4 Å². The highest BCUT2D eigenvalue weighted by Gasteiger charge is 2.56. The molecule has 1 saturated heterocycles. The number of nitrogens with zero attached hydrogens (tertiary/aromatic N) is 1. The van der Waals surface area contributed by atoms with E-state index in [1.165, 1.54) is 12.1 Å². The van der Waals surface area contributed by atoms with E-state index in [-0.39, 0.29) is 5.56 Å². The van der Waals surface area contributed by atoms with Crippen molar-refractivity contribution < 1.29 is 27.8 Å². The van der Waals surface area contributed by atoms with Crippen LogP contribution in [0.5, 0.6) is 0 Å². The summed E-state index contributed by atoms with van der Waals surface area (Å²) < 4.78 is 37.0. The second-order valence-corrected chi connectivity index (χ2v) is 9.24. The highest BCUT2D eigenvalue weighted by atomic mass is 35.5. The van der Waals surface area contributed by atoms with Crippen LogP contribution in [-0.4, -0.2) is 44.2 Å². The highest BCUT2D eigenvalue weighted by Crippen LogP contribution is 2.49. The second kappa shape index (κ2) is 6.73. The van der Waals surface area contributed by atoms with E-state index in [4.69, 9.17) is 21.1 Å². The zero-order chi connectivity index (χ0) is 20.2. The van der Waals surface area contributed by atoms with E-state index < -0.39 is 40.5 Å². The lowest BCUT2D eigenvalue weighted by Gasteiger charge is -2.26. The SMILES string of the molecule is Cc1ccc2c(c1)[C@H]1O[C@@H](OC(=O)c3cccc(Cl)c3)[C@H](O)[C@H]1N2S(C)(=O)=O. The molecule has 2 aromatic carbocycles. The Morgan fingerprint density at radius 2 is 2.00 bits per heavy atom. The van der Waals surface area contributed by atoms with Gasteiger partial charge in [0.1, 0.15) is 18.2 Å². The Kier molecular flexibility index (Phi) is 4.62. The Morgan fingerprint density at radius 3 is 2.68 bits per heavy atom. The molecular formula is C19H18ClNO6S. The molecule has 148 valence electrons. The molecule has 0 unspecified atom stereocenters. The molecule has 4 atom stereocenters. The molecule has 2 heterocycles. The van der Waals surface area contributed by atoms with E-state index in [2.05, 4.69) is 0 Å². The summed E-state index contributed by atoms with van der Waals surface area (Å²) in [7, 11) is -3.69. The van der Waals surface area contributed by atoms with Crippen LogP contribution in [0.15, 0.2) is 42.5 Å². The van der Waals surface area contributed by atoms with Gasteiger partial charge in [-0.15, -0.1) is 0 Å². The number of benzene rings is 2. The molecule has 2 aliphatic rings. The zero-order valence-corrected chi connectivity index (χ0v) is 16.6. The lowest BCUT2D eigenvalue weighted by molar-refractivity contribution is -0.135. The monoisotopic (exact) mass is 423 g/mol. The minimum absolute atomic E-state index is 0.205. The van der Waals surface area contributed by atoms with E-state index in [1.807, 2.05) is 13.0 Å². The number of halogens is 1. The third kappa shape index (κ3) is 3.16. The number of anilines is 1. The molecule has 4 rings (SSSR count). The largest absolute Gasteiger partial charge is 0.429 e. The van der Waals surface area contributed by atoms with Crippen LogP contribution in [0.25, 0.3) is 0 Å². The van der Waals surface area contributed by atoms with Gasteiger partial charge in [-0.2, -0.15) is 0 Å². The summed E-state index contributed by atoms with van der Waals surface area (Å²) in [5, 5.41) is 11.1. The minimum Gasteiger partial charge on any atom is -0.429 e. The first-order chi connectivity index (χ1) is 13.2. The second-order valence-electron chi connectivity index (χ2n) is 6.94. The van der Waals surface area contributed by atoms with E-state index >= 15 is 0 Å². The summed E-state index contributed by atoms with van der Waals surface area (Å²) in [4.78, 5) is 12.4. The maximum atomic E-state index is 12.4. The first kappa shape index (κ1) is 19.2. The quantitative estimate of drug-likeness (QED) is 0.762. The fraction of sp³-hybridized carbons (Fsp3) is 0.316. The van der Waals surface area contributed by atoms with Gasteiger partial charge >= 0.3 is 5.97 Å². The number of fused-ring (bicyclic) bond motifs is 3. The number of carbonyl (C=O) groups is 1. The molecule has 2 aromatic rings. The van der Waals surface area contributed by atoms with Crippen molar-refractivity contribution in [1.82, 2.24) is 0 Å². The Balaban J connectivity index is 1.65. The Hall–Kier alpha value is -2.13. The van der Waals surface area contributed by atoms with Crippen LogP contribution in [0.1, 0.15) is 27.6 Å². The van der Waals surface area contributed by atoms with Crippen LogP contribution in [0.4, 0.5) is 5.69 Å². The van der Waals surface area contributed by atoms with Crippen molar-refractivity contribution in [3.05, 3.63) is 64.2 Å². The standard InChI is InChI=1S/C19H18ClNO6S/c1-10-6-7-14-13(8-10)17-15(21(14)28(2,24)25)16(22)19(26-17)27-18(23)11-4-3-5-12(20)9-11/h3-9,15-17,19,22H,1-2H3/t15-,16-,17-,19+/m1/s1. The van der Waals surface area contributed by atoms with Gasteiger partial charge in [0.2, 0.25) is 16.3 Å². The minimum atomic E-state index is -3.69. The Morgan fingerprint density at radius 1 is 1.25 bits per heavy atom. The number of rotatable bonds is 3. The van der Waals surface area contributed by atoms with Gasteiger partial charge in [-0.3, -0.25) is 4.31 Å². The van der Waals surface area contributed by atoms with Crippen molar-refractivity contribution in [2.45, 2.75) is 31.5 Å². The van der Waals surface area contributed by atoms with E-state index in [0.29, 0.717) is 16.3 Å². The average molecular weight is 424 g/mol. The Bertz CT molecular complexity index is 1060. The van der Waals surface area contributed by atoms with Gasteiger partial charge in [-0.05, 0) is 31.2 Å². The van der Waals surface area contributed by atoms with Crippen LogP contribution < -0.4 is 4.31 Å². The molecule has 0 radical (unpaired) electrons. The maximum Gasteiger partial charge on any atom is 0.340 e.